The Morgan fingerprint density at radius 1 is 1.00 bits per heavy atom. The highest BCUT2D eigenvalue weighted by atomic mass is 19.4. The Morgan fingerprint density at radius 3 is 2.11 bits per heavy atom. The molecule has 0 nitrogen and oxygen atoms in total. The number of benzene rings is 1. The lowest BCUT2D eigenvalue weighted by molar-refractivity contribution is -0.141. The molecule has 0 fully saturated rings. The van der Waals surface area contributed by atoms with Gasteiger partial charge in [0.1, 0.15) is 0 Å². The Bertz CT molecular complexity index is 441. The summed E-state index contributed by atoms with van der Waals surface area (Å²) in [6.07, 6.45) is -7.06. The summed E-state index contributed by atoms with van der Waals surface area (Å²) in [5.74, 6) is 0. The molecular formula is C13H12F6. The van der Waals surface area contributed by atoms with Crippen LogP contribution in [0.4, 0.5) is 26.3 Å². The molecule has 0 spiro atoms. The van der Waals surface area contributed by atoms with Crippen LogP contribution in [0.5, 0.6) is 0 Å². The van der Waals surface area contributed by atoms with E-state index in [1.165, 1.54) is 6.08 Å². The second-order valence-corrected chi connectivity index (χ2v) is 4.05. The Kier molecular flexibility index (Phi) is 4.66. The van der Waals surface area contributed by atoms with Gasteiger partial charge in [-0.3, -0.25) is 0 Å². The summed E-state index contributed by atoms with van der Waals surface area (Å²) < 4.78 is 75.5. The number of alkyl halides is 6. The van der Waals surface area contributed by atoms with Crippen LogP contribution in [0.1, 0.15) is 29.5 Å². The second kappa shape index (κ2) is 5.67. The van der Waals surface area contributed by atoms with Crippen molar-refractivity contribution in [2.75, 3.05) is 0 Å². The molecular weight excluding hydrogens is 270 g/mol. The number of rotatable bonds is 4. The minimum atomic E-state index is -4.65. The Balaban J connectivity index is 3.15. The van der Waals surface area contributed by atoms with Gasteiger partial charge < -0.3 is 0 Å². The summed E-state index contributed by atoms with van der Waals surface area (Å²) in [7, 11) is 0. The van der Waals surface area contributed by atoms with Crippen LogP contribution in [0.3, 0.4) is 0 Å². The van der Waals surface area contributed by atoms with E-state index in [4.69, 9.17) is 0 Å². The van der Waals surface area contributed by atoms with Crippen LogP contribution in [0, 0.1) is 0 Å². The fourth-order valence-corrected chi connectivity index (χ4v) is 1.69. The van der Waals surface area contributed by atoms with E-state index in [-0.39, 0.29) is 12.0 Å². The second-order valence-electron chi connectivity index (χ2n) is 4.05. The minimum Gasteiger partial charge on any atom is -0.166 e. The molecule has 1 rings (SSSR count). The van der Waals surface area contributed by atoms with Crippen molar-refractivity contribution in [2.24, 2.45) is 0 Å². The predicted molar refractivity (Wildman–Crippen MR) is 59.6 cm³/mol. The SMILES string of the molecule is C=CCCCc1cc(C(F)(F)F)ccc1C(F)(F)F. The van der Waals surface area contributed by atoms with Gasteiger partial charge in [-0.15, -0.1) is 6.58 Å². The third-order valence-electron chi connectivity index (χ3n) is 2.59. The maximum atomic E-state index is 12.7. The highest BCUT2D eigenvalue weighted by molar-refractivity contribution is 5.35. The number of allylic oxidation sites excluding steroid dienone is 1. The maximum Gasteiger partial charge on any atom is 0.416 e. The monoisotopic (exact) mass is 282 g/mol. The average molecular weight is 282 g/mol. The first-order valence-corrected chi connectivity index (χ1v) is 5.54. The van der Waals surface area contributed by atoms with Crippen molar-refractivity contribution < 1.29 is 26.3 Å². The van der Waals surface area contributed by atoms with Crippen molar-refractivity contribution in [1.82, 2.24) is 0 Å². The molecule has 0 unspecified atom stereocenters. The molecule has 0 atom stereocenters. The average Bonchev–Trinajstić information content (AvgIpc) is 2.26. The molecule has 0 aliphatic rings. The normalized spacial score (nSPS) is 12.5. The highest BCUT2D eigenvalue weighted by Gasteiger charge is 2.36. The molecule has 106 valence electrons. The summed E-state index contributed by atoms with van der Waals surface area (Å²) >= 11 is 0. The van der Waals surface area contributed by atoms with Gasteiger partial charge in [0.05, 0.1) is 11.1 Å². The van der Waals surface area contributed by atoms with Crippen molar-refractivity contribution in [1.29, 1.82) is 0 Å². The molecule has 0 heterocycles. The first kappa shape index (κ1) is 15.6. The van der Waals surface area contributed by atoms with E-state index >= 15 is 0 Å². The largest absolute Gasteiger partial charge is 0.416 e. The molecule has 0 aliphatic heterocycles. The lowest BCUT2D eigenvalue weighted by atomic mass is 9.98. The molecule has 0 aromatic heterocycles. The number of halogens is 6. The van der Waals surface area contributed by atoms with E-state index in [2.05, 4.69) is 6.58 Å². The molecule has 0 radical (unpaired) electrons. The van der Waals surface area contributed by atoms with Gasteiger partial charge in [-0.1, -0.05) is 6.08 Å². The highest BCUT2D eigenvalue weighted by Crippen LogP contribution is 2.37. The fourth-order valence-electron chi connectivity index (χ4n) is 1.69. The van der Waals surface area contributed by atoms with Gasteiger partial charge in [0.15, 0.2) is 0 Å². The van der Waals surface area contributed by atoms with Crippen molar-refractivity contribution in [3.05, 3.63) is 47.5 Å². The quantitative estimate of drug-likeness (QED) is 0.403. The van der Waals surface area contributed by atoms with Gasteiger partial charge >= 0.3 is 12.4 Å². The topological polar surface area (TPSA) is 0 Å². The Hall–Kier alpha value is -1.46. The summed E-state index contributed by atoms with van der Waals surface area (Å²) in [6, 6.07) is 1.53. The van der Waals surface area contributed by atoms with E-state index < -0.39 is 23.5 Å². The Morgan fingerprint density at radius 2 is 1.63 bits per heavy atom. The number of unbranched alkanes of at least 4 members (excludes halogenated alkanes) is 1. The lowest BCUT2D eigenvalue weighted by Crippen LogP contribution is -2.12. The van der Waals surface area contributed by atoms with Crippen molar-refractivity contribution in [3.8, 4) is 0 Å². The van der Waals surface area contributed by atoms with E-state index in [1.54, 1.807) is 0 Å². The number of hydrogen-bond acceptors (Lipinski definition) is 0. The molecule has 19 heavy (non-hydrogen) atoms. The third kappa shape index (κ3) is 4.29. The van der Waals surface area contributed by atoms with Gasteiger partial charge in [-0.05, 0) is 43.0 Å². The van der Waals surface area contributed by atoms with Crippen LogP contribution < -0.4 is 0 Å². The molecule has 1 aromatic rings. The molecule has 0 saturated heterocycles. The summed E-state index contributed by atoms with van der Waals surface area (Å²) in [6.45, 7) is 3.42. The predicted octanol–water partition coefficient (Wildman–Crippen LogP) is 5.23. The van der Waals surface area contributed by atoms with Crippen LogP contribution >= 0.6 is 0 Å². The third-order valence-corrected chi connectivity index (χ3v) is 2.59. The van der Waals surface area contributed by atoms with Crippen LogP contribution in [0.25, 0.3) is 0 Å². The van der Waals surface area contributed by atoms with Gasteiger partial charge in [0.2, 0.25) is 0 Å². The fraction of sp³-hybridized carbons (Fsp3) is 0.385. The molecule has 6 heteroatoms. The molecule has 0 aliphatic carbocycles. The van der Waals surface area contributed by atoms with Crippen LogP contribution in [-0.2, 0) is 18.8 Å². The molecule has 0 bridgehead atoms. The van der Waals surface area contributed by atoms with Crippen molar-refractivity contribution >= 4 is 0 Å². The minimum absolute atomic E-state index is 0.0647. The maximum absolute atomic E-state index is 12.7. The molecule has 1 aromatic carbocycles. The number of aryl methyl sites for hydroxylation is 1. The first-order valence-electron chi connectivity index (χ1n) is 5.54. The van der Waals surface area contributed by atoms with E-state index in [0.717, 1.165) is 0 Å². The Labute approximate surface area is 106 Å². The summed E-state index contributed by atoms with van der Waals surface area (Å²) in [5, 5.41) is 0. The molecule has 0 amide bonds. The van der Waals surface area contributed by atoms with E-state index in [0.29, 0.717) is 31.0 Å². The van der Waals surface area contributed by atoms with Crippen LogP contribution in [0.15, 0.2) is 30.9 Å². The smallest absolute Gasteiger partial charge is 0.166 e. The van der Waals surface area contributed by atoms with Gasteiger partial charge in [0.25, 0.3) is 0 Å². The zero-order valence-electron chi connectivity index (χ0n) is 9.91. The van der Waals surface area contributed by atoms with Gasteiger partial charge in [0, 0.05) is 0 Å². The van der Waals surface area contributed by atoms with Gasteiger partial charge in [-0.2, -0.15) is 26.3 Å². The zero-order chi connectivity index (χ0) is 14.7. The van der Waals surface area contributed by atoms with Crippen LogP contribution in [-0.4, -0.2) is 0 Å². The standard InChI is InChI=1S/C13H12F6/c1-2-3-4-5-9-8-10(12(14,15)16)6-7-11(9)13(17,18)19/h2,6-8H,1,3-5H2. The van der Waals surface area contributed by atoms with E-state index in [1.807, 2.05) is 0 Å². The van der Waals surface area contributed by atoms with Crippen LogP contribution in [0.2, 0.25) is 0 Å². The van der Waals surface area contributed by atoms with Gasteiger partial charge in [-0.25, -0.2) is 0 Å². The zero-order valence-corrected chi connectivity index (χ0v) is 9.91. The van der Waals surface area contributed by atoms with E-state index in [9.17, 15) is 26.3 Å². The molecule has 0 saturated carbocycles. The number of hydrogen-bond donors (Lipinski definition) is 0. The van der Waals surface area contributed by atoms with Crippen molar-refractivity contribution in [2.45, 2.75) is 31.6 Å². The summed E-state index contributed by atoms with van der Waals surface area (Å²) in [4.78, 5) is 0. The summed E-state index contributed by atoms with van der Waals surface area (Å²) in [5.41, 5.74) is -2.40. The first-order chi connectivity index (χ1) is 8.66. The van der Waals surface area contributed by atoms with Crippen molar-refractivity contribution in [3.63, 3.8) is 0 Å². The lowest BCUT2D eigenvalue weighted by Gasteiger charge is -2.15. The molecule has 0 N–H and O–H groups in total.